The van der Waals surface area contributed by atoms with Crippen LogP contribution >= 0.6 is 0 Å². The molecule has 0 unspecified atom stereocenters. The number of rotatable bonds is 12. The summed E-state index contributed by atoms with van der Waals surface area (Å²) in [6, 6.07) is 32.3. The van der Waals surface area contributed by atoms with Crippen molar-refractivity contribution < 1.29 is 29.9 Å². The summed E-state index contributed by atoms with van der Waals surface area (Å²) in [6.45, 7) is 17.9. The van der Waals surface area contributed by atoms with Crippen LogP contribution in [0.3, 0.4) is 0 Å². The molecule has 0 fully saturated rings. The Morgan fingerprint density at radius 2 is 1.43 bits per heavy atom. The third kappa shape index (κ3) is 7.90. The third-order valence-electron chi connectivity index (χ3n) is 10.1. The van der Waals surface area contributed by atoms with Crippen LogP contribution in [-0.4, -0.2) is 26.4 Å². The fourth-order valence-electron chi connectivity index (χ4n) is 7.59. The second kappa shape index (κ2) is 16.4. The van der Waals surface area contributed by atoms with E-state index in [1.165, 1.54) is 33.5 Å². The fourth-order valence-corrected chi connectivity index (χ4v) is 7.59. The first-order valence-corrected chi connectivity index (χ1v) is 18.9. The molecule has 7 rings (SSSR count). The van der Waals surface area contributed by atoms with Crippen molar-refractivity contribution in [2.24, 2.45) is 11.8 Å². The van der Waals surface area contributed by atoms with E-state index in [0.717, 1.165) is 76.0 Å². The molecule has 0 bridgehead atoms. The number of aromatic nitrogens is 4. The Bertz CT molecular complexity index is 2410. The van der Waals surface area contributed by atoms with Gasteiger partial charge in [-0.25, -0.2) is 4.98 Å². The van der Waals surface area contributed by atoms with E-state index < -0.39 is 0 Å². The number of hydrogen-bond acceptors (Lipinski definition) is 4. The summed E-state index contributed by atoms with van der Waals surface area (Å²) in [7, 11) is 1.67. The van der Waals surface area contributed by atoms with Crippen molar-refractivity contribution in [2.75, 3.05) is 7.11 Å². The summed E-state index contributed by atoms with van der Waals surface area (Å²) in [5.41, 5.74) is 12.7. The second-order valence-electron chi connectivity index (χ2n) is 15.3. The van der Waals surface area contributed by atoms with Crippen LogP contribution < -0.4 is 9.47 Å². The van der Waals surface area contributed by atoms with E-state index in [1.807, 2.05) is 30.3 Å². The van der Waals surface area contributed by atoms with Gasteiger partial charge in [0.05, 0.1) is 12.8 Å². The summed E-state index contributed by atoms with van der Waals surface area (Å²) in [6.07, 6.45) is 5.74. The maximum absolute atomic E-state index is 6.64. The summed E-state index contributed by atoms with van der Waals surface area (Å²) in [5.74, 6) is 3.84. The van der Waals surface area contributed by atoms with Crippen molar-refractivity contribution in [3.8, 4) is 39.9 Å². The number of methoxy groups -OCH3 is 1. The molecule has 0 N–H and O–H groups in total. The van der Waals surface area contributed by atoms with Gasteiger partial charge in [0.2, 0.25) is 0 Å². The molecular weight excluding hydrogens is 759 g/mol. The maximum atomic E-state index is 6.64. The average molecular weight is 809 g/mol. The van der Waals surface area contributed by atoms with Gasteiger partial charge in [0.1, 0.15) is 11.6 Å². The van der Waals surface area contributed by atoms with Gasteiger partial charge < -0.3 is 14.0 Å². The van der Waals surface area contributed by atoms with Crippen molar-refractivity contribution >= 4 is 21.8 Å². The van der Waals surface area contributed by atoms with E-state index in [1.54, 1.807) is 13.3 Å². The van der Waals surface area contributed by atoms with Gasteiger partial charge in [-0.05, 0) is 98.2 Å². The predicted octanol–water partition coefficient (Wildman–Crippen LogP) is 11.8. The fraction of sp³-hybridized carbons (Fsp3) is 0.319. The second-order valence-corrected chi connectivity index (χ2v) is 15.3. The topological polar surface area (TPSA) is 54.1 Å². The van der Waals surface area contributed by atoms with E-state index in [-0.39, 0.29) is 20.4 Å². The first kappa shape index (κ1) is 39.0. The Kier molecular flexibility index (Phi) is 11.8. The number of ether oxygens (including phenoxy) is 2. The number of benzene rings is 4. The molecule has 0 radical (unpaired) electrons. The number of para-hydroxylation sites is 1. The third-order valence-corrected chi connectivity index (χ3v) is 10.1. The van der Waals surface area contributed by atoms with Crippen LogP contribution in [0.25, 0.3) is 44.4 Å². The van der Waals surface area contributed by atoms with Gasteiger partial charge >= 0.3 is 20.4 Å². The smallest absolute Gasteiger partial charge is 0.509 e. The van der Waals surface area contributed by atoms with Crippen molar-refractivity contribution in [3.63, 3.8) is 0 Å². The molecule has 0 amide bonds. The maximum Gasteiger partial charge on any atom is 2.00 e. The van der Waals surface area contributed by atoms with Gasteiger partial charge in [-0.2, -0.15) is 16.7 Å². The first-order chi connectivity index (χ1) is 25.5. The number of pyridine rings is 1. The normalized spacial score (nSPS) is 11.5. The Balaban J connectivity index is 0.00000497. The van der Waals surface area contributed by atoms with Gasteiger partial charge in [0.15, 0.2) is 0 Å². The molecule has 7 aromatic rings. The van der Waals surface area contributed by atoms with Crippen molar-refractivity contribution in [2.45, 2.75) is 81.1 Å². The Morgan fingerprint density at radius 3 is 2.15 bits per heavy atom. The van der Waals surface area contributed by atoms with E-state index >= 15 is 0 Å². The number of hydrogen-bond donors (Lipinski definition) is 0. The molecule has 0 aliphatic carbocycles. The molecule has 54 heavy (non-hydrogen) atoms. The zero-order valence-corrected chi connectivity index (χ0v) is 34.5. The first-order valence-electron chi connectivity index (χ1n) is 18.9. The van der Waals surface area contributed by atoms with Crippen molar-refractivity contribution in [1.29, 1.82) is 0 Å². The zero-order valence-electron chi connectivity index (χ0n) is 32.9. The molecular formula is C47H50N4O2Pd. The van der Waals surface area contributed by atoms with Gasteiger partial charge in [-0.3, -0.25) is 4.68 Å². The molecule has 0 saturated heterocycles. The van der Waals surface area contributed by atoms with E-state index in [0.29, 0.717) is 23.3 Å². The van der Waals surface area contributed by atoms with Gasteiger partial charge in [-0.1, -0.05) is 76.0 Å². The van der Waals surface area contributed by atoms with Gasteiger partial charge in [-0.15, -0.1) is 35.7 Å². The molecule has 6 nitrogen and oxygen atoms in total. The minimum absolute atomic E-state index is 0. The van der Waals surface area contributed by atoms with Crippen LogP contribution in [0.5, 0.6) is 17.2 Å². The Hall–Kier alpha value is -4.70. The summed E-state index contributed by atoms with van der Waals surface area (Å²) < 4.78 is 16.5. The molecule has 3 aromatic heterocycles. The molecule has 0 saturated carbocycles. The van der Waals surface area contributed by atoms with Gasteiger partial charge in [0.25, 0.3) is 0 Å². The van der Waals surface area contributed by atoms with Crippen molar-refractivity contribution in [3.05, 3.63) is 125 Å². The van der Waals surface area contributed by atoms with Crippen LogP contribution in [0.1, 0.15) is 74.2 Å². The van der Waals surface area contributed by atoms with Crippen LogP contribution in [0, 0.1) is 51.7 Å². The minimum atomic E-state index is 0. The molecule has 0 aliphatic heterocycles. The molecule has 0 atom stereocenters. The van der Waals surface area contributed by atoms with E-state index in [9.17, 15) is 0 Å². The Labute approximate surface area is 334 Å². The van der Waals surface area contributed by atoms with E-state index in [4.69, 9.17) is 19.6 Å². The average Bonchev–Trinajstić information content (AvgIpc) is 3.64. The van der Waals surface area contributed by atoms with Crippen molar-refractivity contribution in [1.82, 2.24) is 19.3 Å². The number of aryl methyl sites for hydroxylation is 5. The van der Waals surface area contributed by atoms with E-state index in [2.05, 4.69) is 119 Å². The SMILES string of the molecule is COc1ccnc(-n2c3[c-]c(Oc4[c-]c(-n5nc(CCC(C)C)c(-c6c(C)cc(C)cc6C)c5CCC(C)C)cc(C)c4)ccc3c3ccccc32)c1.[Pd+2]. The van der Waals surface area contributed by atoms with Crippen LogP contribution in [-0.2, 0) is 33.3 Å². The molecule has 280 valence electrons. The zero-order chi connectivity index (χ0) is 37.4. The molecule has 0 aliphatic rings. The molecule has 4 aromatic carbocycles. The van der Waals surface area contributed by atoms with Gasteiger partial charge in [0, 0.05) is 40.5 Å². The number of fused-ring (bicyclic) bond motifs is 3. The Morgan fingerprint density at radius 1 is 0.722 bits per heavy atom. The van der Waals surface area contributed by atoms with Crippen LogP contribution in [0.15, 0.2) is 79.0 Å². The van der Waals surface area contributed by atoms with Crippen LogP contribution in [0.4, 0.5) is 0 Å². The minimum Gasteiger partial charge on any atom is -0.509 e. The summed E-state index contributed by atoms with van der Waals surface area (Å²) >= 11 is 0. The number of nitrogens with zero attached hydrogens (tertiary/aromatic N) is 4. The summed E-state index contributed by atoms with van der Waals surface area (Å²) in [5, 5.41) is 7.62. The predicted molar refractivity (Wildman–Crippen MR) is 217 cm³/mol. The molecule has 0 spiro atoms. The monoisotopic (exact) mass is 808 g/mol. The summed E-state index contributed by atoms with van der Waals surface area (Å²) in [4.78, 5) is 4.71. The molecule has 3 heterocycles. The standard InChI is InChI=1S/C47H50N4O2.Pd/c1-29(2)14-18-41-47(46-33(7)22-31(5)23-34(46)8)43(19-15-30(3)4)51(49-41)35-24-32(6)25-38(26-35)53-37-16-17-40-39-12-10-11-13-42(39)50(44(40)27-37)45-28-36(52-9)20-21-48-45;/h10-13,16-17,20-25,28-30H,14-15,18-19H2,1-9H3;/q-2;+2. The quantitative estimate of drug-likeness (QED) is 0.0911. The molecule has 7 heteroatoms. The largest absolute Gasteiger partial charge is 2.00 e. The van der Waals surface area contributed by atoms with Crippen LogP contribution in [0.2, 0.25) is 0 Å².